The van der Waals surface area contributed by atoms with E-state index in [2.05, 4.69) is 12.2 Å². The maximum absolute atomic E-state index is 12.9. The molecule has 0 aliphatic heterocycles. The number of rotatable bonds is 4. The molecule has 3 unspecified atom stereocenters. The van der Waals surface area contributed by atoms with Crippen LogP contribution < -0.4 is 5.32 Å². The molecule has 1 N–H and O–H groups in total. The molecule has 1 saturated carbocycles. The van der Waals surface area contributed by atoms with Gasteiger partial charge in [0.2, 0.25) is 5.91 Å². The number of carbonyl (C=O) groups is 1. The van der Waals surface area contributed by atoms with Crippen LogP contribution in [0.2, 0.25) is 0 Å². The number of benzene rings is 1. The zero-order chi connectivity index (χ0) is 16.3. The highest BCUT2D eigenvalue weighted by atomic mass is 32.2. The largest absolute Gasteiger partial charge is 0.352 e. The zero-order valence-electron chi connectivity index (χ0n) is 12.9. The Kier molecular flexibility index (Phi) is 5.21. The second-order valence-electron chi connectivity index (χ2n) is 6.12. The van der Waals surface area contributed by atoms with Crippen molar-refractivity contribution < 1.29 is 17.6 Å². The van der Waals surface area contributed by atoms with Crippen molar-refractivity contribution in [1.82, 2.24) is 5.32 Å². The predicted octanol–water partition coefficient (Wildman–Crippen LogP) is 2.68. The van der Waals surface area contributed by atoms with Gasteiger partial charge in [0.1, 0.15) is 11.1 Å². The van der Waals surface area contributed by atoms with Crippen molar-refractivity contribution in [2.24, 2.45) is 5.92 Å². The monoisotopic (exact) mass is 327 g/mol. The average Bonchev–Trinajstić information content (AvgIpc) is 2.46. The van der Waals surface area contributed by atoms with Crippen LogP contribution >= 0.6 is 0 Å². The Bertz CT molecular complexity index is 627. The molecule has 1 aliphatic carbocycles. The number of amides is 1. The lowest BCUT2D eigenvalue weighted by molar-refractivity contribution is -0.121. The van der Waals surface area contributed by atoms with E-state index in [9.17, 15) is 17.6 Å². The highest BCUT2D eigenvalue weighted by Gasteiger charge is 2.31. The van der Waals surface area contributed by atoms with Crippen molar-refractivity contribution in [3.63, 3.8) is 0 Å². The Morgan fingerprint density at radius 1 is 1.27 bits per heavy atom. The molecule has 0 spiro atoms. The Morgan fingerprint density at radius 3 is 2.50 bits per heavy atom. The zero-order valence-corrected chi connectivity index (χ0v) is 13.7. The first kappa shape index (κ1) is 16.9. The summed E-state index contributed by atoms with van der Waals surface area (Å²) in [5, 5.41) is 1.66. The highest BCUT2D eigenvalue weighted by Crippen LogP contribution is 2.24. The third-order valence-corrected chi connectivity index (χ3v) is 6.33. The summed E-state index contributed by atoms with van der Waals surface area (Å²) in [5.41, 5.74) is 0. The van der Waals surface area contributed by atoms with Crippen molar-refractivity contribution in [3.05, 3.63) is 30.1 Å². The fourth-order valence-corrected chi connectivity index (χ4v) is 4.13. The second kappa shape index (κ2) is 6.77. The van der Waals surface area contributed by atoms with Gasteiger partial charge >= 0.3 is 0 Å². The molecule has 1 aromatic rings. The van der Waals surface area contributed by atoms with Crippen molar-refractivity contribution in [1.29, 1.82) is 0 Å². The lowest BCUT2D eigenvalue weighted by Crippen LogP contribution is -2.44. The lowest BCUT2D eigenvalue weighted by Gasteiger charge is -2.28. The SMILES string of the molecule is CC1CCCC(NC(=O)C(C)S(=O)(=O)c2ccc(F)cc2)C1. The van der Waals surface area contributed by atoms with Gasteiger partial charge in [0, 0.05) is 6.04 Å². The molecule has 2 rings (SSSR count). The minimum Gasteiger partial charge on any atom is -0.352 e. The number of halogens is 1. The summed E-state index contributed by atoms with van der Waals surface area (Å²) in [7, 11) is -3.80. The van der Waals surface area contributed by atoms with Crippen LogP contribution in [0.25, 0.3) is 0 Å². The van der Waals surface area contributed by atoms with Gasteiger partial charge in [-0.15, -0.1) is 0 Å². The third-order valence-electron chi connectivity index (χ3n) is 4.26. The van der Waals surface area contributed by atoms with E-state index in [1.54, 1.807) is 0 Å². The van der Waals surface area contributed by atoms with E-state index in [1.807, 2.05) is 0 Å². The van der Waals surface area contributed by atoms with E-state index >= 15 is 0 Å². The van der Waals surface area contributed by atoms with Gasteiger partial charge in [0.05, 0.1) is 4.90 Å². The first-order valence-electron chi connectivity index (χ1n) is 7.60. The van der Waals surface area contributed by atoms with Crippen LogP contribution in [0.3, 0.4) is 0 Å². The predicted molar refractivity (Wildman–Crippen MR) is 82.6 cm³/mol. The van der Waals surface area contributed by atoms with E-state index < -0.39 is 26.8 Å². The summed E-state index contributed by atoms with van der Waals surface area (Å²) in [6.07, 6.45) is 3.97. The summed E-state index contributed by atoms with van der Waals surface area (Å²) in [6.45, 7) is 3.51. The lowest BCUT2D eigenvalue weighted by atomic mass is 9.87. The summed E-state index contributed by atoms with van der Waals surface area (Å²) in [4.78, 5) is 12.2. The molecule has 6 heteroatoms. The molecule has 0 bridgehead atoms. The van der Waals surface area contributed by atoms with Crippen molar-refractivity contribution in [2.75, 3.05) is 0 Å². The Hall–Kier alpha value is -1.43. The minimum absolute atomic E-state index is 0.0337. The minimum atomic E-state index is -3.80. The van der Waals surface area contributed by atoms with Crippen LogP contribution in [-0.4, -0.2) is 25.6 Å². The van der Waals surface area contributed by atoms with Gasteiger partial charge in [-0.1, -0.05) is 19.8 Å². The summed E-state index contributed by atoms with van der Waals surface area (Å²) >= 11 is 0. The normalized spacial score (nSPS) is 23.8. The molecule has 4 nitrogen and oxygen atoms in total. The van der Waals surface area contributed by atoms with Gasteiger partial charge in [-0.25, -0.2) is 12.8 Å². The molecule has 122 valence electrons. The number of nitrogens with one attached hydrogen (secondary N) is 1. The Labute approximate surface area is 131 Å². The standard InChI is InChI=1S/C16H22FNO3S/c1-11-4-3-5-14(10-11)18-16(19)12(2)22(20,21)15-8-6-13(17)7-9-15/h6-9,11-12,14H,3-5,10H2,1-2H3,(H,18,19). The summed E-state index contributed by atoms with van der Waals surface area (Å²) in [5.74, 6) is -0.446. The maximum atomic E-state index is 12.9. The van der Waals surface area contributed by atoms with Crippen molar-refractivity contribution in [3.8, 4) is 0 Å². The third kappa shape index (κ3) is 3.85. The van der Waals surface area contributed by atoms with Gasteiger partial charge in [-0.3, -0.25) is 4.79 Å². The quantitative estimate of drug-likeness (QED) is 0.865. The number of sulfone groups is 1. The van der Waals surface area contributed by atoms with Crippen LogP contribution in [0, 0.1) is 11.7 Å². The van der Waals surface area contributed by atoms with E-state index in [4.69, 9.17) is 0 Å². The average molecular weight is 327 g/mol. The molecule has 0 saturated heterocycles. The van der Waals surface area contributed by atoms with Gasteiger partial charge in [0.15, 0.2) is 9.84 Å². The molecule has 1 amide bonds. The van der Waals surface area contributed by atoms with Crippen LogP contribution in [0.15, 0.2) is 29.2 Å². The number of carbonyl (C=O) groups excluding carboxylic acids is 1. The molecule has 22 heavy (non-hydrogen) atoms. The van der Waals surface area contributed by atoms with Gasteiger partial charge < -0.3 is 5.32 Å². The van der Waals surface area contributed by atoms with E-state index in [1.165, 1.54) is 19.1 Å². The van der Waals surface area contributed by atoms with E-state index in [-0.39, 0.29) is 10.9 Å². The second-order valence-corrected chi connectivity index (χ2v) is 8.39. The van der Waals surface area contributed by atoms with Crippen molar-refractivity contribution in [2.45, 2.75) is 55.7 Å². The van der Waals surface area contributed by atoms with Crippen LogP contribution in [0.4, 0.5) is 4.39 Å². The van der Waals surface area contributed by atoms with Gasteiger partial charge in [-0.2, -0.15) is 0 Å². The maximum Gasteiger partial charge on any atom is 0.238 e. The molecule has 0 aromatic heterocycles. The topological polar surface area (TPSA) is 63.2 Å². The molecule has 1 fully saturated rings. The Morgan fingerprint density at radius 2 is 1.91 bits per heavy atom. The molecule has 3 atom stereocenters. The number of hydrogen-bond donors (Lipinski definition) is 1. The molecule has 1 aromatic carbocycles. The first-order valence-corrected chi connectivity index (χ1v) is 9.15. The van der Waals surface area contributed by atoms with E-state index in [0.29, 0.717) is 5.92 Å². The van der Waals surface area contributed by atoms with Gasteiger partial charge in [-0.05, 0) is 49.9 Å². The van der Waals surface area contributed by atoms with Crippen molar-refractivity contribution >= 4 is 15.7 Å². The molecule has 1 aliphatic rings. The molecule has 0 radical (unpaired) electrons. The van der Waals surface area contributed by atoms with E-state index in [0.717, 1.165) is 37.8 Å². The fraction of sp³-hybridized carbons (Fsp3) is 0.562. The fourth-order valence-electron chi connectivity index (χ4n) is 2.85. The van der Waals surface area contributed by atoms with Crippen LogP contribution in [0.5, 0.6) is 0 Å². The highest BCUT2D eigenvalue weighted by molar-refractivity contribution is 7.92. The van der Waals surface area contributed by atoms with Gasteiger partial charge in [0.25, 0.3) is 0 Å². The number of hydrogen-bond acceptors (Lipinski definition) is 3. The molecular weight excluding hydrogens is 305 g/mol. The Balaban J connectivity index is 2.07. The summed E-state index contributed by atoms with van der Waals surface area (Å²) in [6, 6.07) is 4.59. The molecule has 0 heterocycles. The van der Waals surface area contributed by atoms with Crippen LogP contribution in [-0.2, 0) is 14.6 Å². The molecular formula is C16H22FNO3S. The van der Waals surface area contributed by atoms with Crippen LogP contribution in [0.1, 0.15) is 39.5 Å². The first-order chi connectivity index (χ1) is 10.3. The summed E-state index contributed by atoms with van der Waals surface area (Å²) < 4.78 is 37.7. The smallest absolute Gasteiger partial charge is 0.238 e.